The number of hydrogen-bond donors (Lipinski definition) is 2. The van der Waals surface area contributed by atoms with Crippen molar-refractivity contribution in [3.05, 3.63) is 23.8 Å². The van der Waals surface area contributed by atoms with Crippen molar-refractivity contribution < 1.29 is 9.90 Å². The van der Waals surface area contributed by atoms with Gasteiger partial charge in [0.1, 0.15) is 11.5 Å². The molecule has 5 heteroatoms. The lowest BCUT2D eigenvalue weighted by atomic mass is 10.1. The zero-order valence-corrected chi connectivity index (χ0v) is 12.0. The van der Waals surface area contributed by atoms with E-state index in [2.05, 4.69) is 15.3 Å². The summed E-state index contributed by atoms with van der Waals surface area (Å²) in [6.07, 6.45) is 7.06. The van der Waals surface area contributed by atoms with E-state index in [-0.39, 0.29) is 18.4 Å². The predicted molar refractivity (Wildman–Crippen MR) is 76.4 cm³/mol. The third kappa shape index (κ3) is 4.00. The molecular weight excluding hydrogens is 254 g/mol. The van der Waals surface area contributed by atoms with E-state index in [1.165, 1.54) is 12.8 Å². The highest BCUT2D eigenvalue weighted by Gasteiger charge is 2.20. The van der Waals surface area contributed by atoms with Gasteiger partial charge in [0.15, 0.2) is 0 Å². The van der Waals surface area contributed by atoms with E-state index in [1.54, 1.807) is 12.3 Å². The molecule has 1 amide bonds. The topological polar surface area (TPSA) is 75.1 Å². The second-order valence-corrected chi connectivity index (χ2v) is 5.61. The quantitative estimate of drug-likeness (QED) is 0.832. The Morgan fingerprint density at radius 3 is 2.95 bits per heavy atom. The van der Waals surface area contributed by atoms with Gasteiger partial charge in [0, 0.05) is 25.3 Å². The Morgan fingerprint density at radius 2 is 2.25 bits per heavy atom. The van der Waals surface area contributed by atoms with Gasteiger partial charge in [-0.25, -0.2) is 9.97 Å². The number of nitrogens with zero attached hydrogens (tertiary/aromatic N) is 2. The molecule has 1 aliphatic rings. The summed E-state index contributed by atoms with van der Waals surface area (Å²) >= 11 is 0. The van der Waals surface area contributed by atoms with Gasteiger partial charge in [-0.1, -0.05) is 19.8 Å². The molecule has 0 saturated heterocycles. The Bertz CT molecular complexity index is 444. The molecule has 0 bridgehead atoms. The Morgan fingerprint density at radius 1 is 1.50 bits per heavy atom. The molecule has 0 spiro atoms. The van der Waals surface area contributed by atoms with Gasteiger partial charge in [0.2, 0.25) is 0 Å². The van der Waals surface area contributed by atoms with Crippen LogP contribution < -0.4 is 5.32 Å². The lowest BCUT2D eigenvalue weighted by Gasteiger charge is -2.12. The molecular formula is C15H23N3O2. The maximum Gasteiger partial charge on any atom is 0.270 e. The van der Waals surface area contributed by atoms with E-state index in [4.69, 9.17) is 5.11 Å². The second kappa shape index (κ2) is 7.33. The summed E-state index contributed by atoms with van der Waals surface area (Å²) in [5.74, 6) is 1.33. The Kier molecular flexibility index (Phi) is 5.47. The number of carbonyl (C=O) groups is 1. The number of aromatic nitrogens is 2. The van der Waals surface area contributed by atoms with Crippen LogP contribution in [-0.4, -0.2) is 34.1 Å². The minimum absolute atomic E-state index is 0.149. The number of carbonyl (C=O) groups excluding carboxylic acids is 1. The maximum atomic E-state index is 12.1. The van der Waals surface area contributed by atoms with Crippen molar-refractivity contribution in [2.24, 2.45) is 5.92 Å². The summed E-state index contributed by atoms with van der Waals surface area (Å²) in [4.78, 5) is 20.8. The summed E-state index contributed by atoms with van der Waals surface area (Å²) in [6, 6.07) is 1.66. The smallest absolute Gasteiger partial charge is 0.270 e. The molecule has 5 nitrogen and oxygen atoms in total. The number of aliphatic hydroxyl groups is 1. The van der Waals surface area contributed by atoms with Gasteiger partial charge in [0.05, 0.1) is 0 Å². The van der Waals surface area contributed by atoms with Crippen LogP contribution in [-0.2, 0) is 0 Å². The zero-order valence-electron chi connectivity index (χ0n) is 12.0. The van der Waals surface area contributed by atoms with Crippen LogP contribution in [0, 0.1) is 5.92 Å². The molecule has 1 aromatic heterocycles. The van der Waals surface area contributed by atoms with Gasteiger partial charge in [-0.05, 0) is 31.2 Å². The lowest BCUT2D eigenvalue weighted by Crippen LogP contribution is -2.29. The standard InChI is InChI=1S/C15H23N3O2/c1-11(7-9-19)10-17-15(20)13-6-8-16-14(18-13)12-4-2-3-5-12/h6,8,11-12,19H,2-5,7,9-10H2,1H3,(H,17,20). The number of hydrogen-bond acceptors (Lipinski definition) is 4. The Balaban J connectivity index is 1.94. The van der Waals surface area contributed by atoms with Crippen LogP contribution in [0.4, 0.5) is 0 Å². The highest BCUT2D eigenvalue weighted by atomic mass is 16.3. The molecule has 1 aromatic rings. The molecule has 1 unspecified atom stereocenters. The summed E-state index contributed by atoms with van der Waals surface area (Å²) in [6.45, 7) is 2.71. The lowest BCUT2D eigenvalue weighted by molar-refractivity contribution is 0.0940. The van der Waals surface area contributed by atoms with Crippen LogP contribution in [0.25, 0.3) is 0 Å². The minimum atomic E-state index is -0.156. The van der Waals surface area contributed by atoms with Crippen LogP contribution in [0.15, 0.2) is 12.3 Å². The van der Waals surface area contributed by atoms with Gasteiger partial charge >= 0.3 is 0 Å². The van der Waals surface area contributed by atoms with Gasteiger partial charge in [-0.3, -0.25) is 4.79 Å². The maximum absolute atomic E-state index is 12.1. The Labute approximate surface area is 119 Å². The number of amides is 1. The summed E-state index contributed by atoms with van der Waals surface area (Å²) in [5, 5.41) is 11.7. The van der Waals surface area contributed by atoms with Crippen molar-refractivity contribution >= 4 is 5.91 Å². The van der Waals surface area contributed by atoms with Gasteiger partial charge in [0.25, 0.3) is 5.91 Å². The van der Waals surface area contributed by atoms with Crippen molar-refractivity contribution in [1.82, 2.24) is 15.3 Å². The SMILES string of the molecule is CC(CCO)CNC(=O)c1ccnc(C2CCCC2)n1. The van der Waals surface area contributed by atoms with Crippen LogP contribution in [0.5, 0.6) is 0 Å². The minimum Gasteiger partial charge on any atom is -0.396 e. The average Bonchev–Trinajstić information content (AvgIpc) is 2.99. The van der Waals surface area contributed by atoms with E-state index in [1.807, 2.05) is 6.92 Å². The molecule has 2 rings (SSSR count). The second-order valence-electron chi connectivity index (χ2n) is 5.61. The van der Waals surface area contributed by atoms with Crippen molar-refractivity contribution in [1.29, 1.82) is 0 Å². The molecule has 0 radical (unpaired) electrons. The largest absolute Gasteiger partial charge is 0.396 e. The monoisotopic (exact) mass is 277 g/mol. The number of aliphatic hydroxyl groups excluding tert-OH is 1. The van der Waals surface area contributed by atoms with Crippen LogP contribution in [0.3, 0.4) is 0 Å². The first-order valence-electron chi connectivity index (χ1n) is 7.42. The van der Waals surface area contributed by atoms with E-state index in [9.17, 15) is 4.79 Å². The van der Waals surface area contributed by atoms with Crippen molar-refractivity contribution in [2.75, 3.05) is 13.2 Å². The van der Waals surface area contributed by atoms with E-state index in [0.29, 0.717) is 24.6 Å². The molecule has 1 saturated carbocycles. The molecule has 0 aromatic carbocycles. The first-order chi connectivity index (χ1) is 9.70. The van der Waals surface area contributed by atoms with Gasteiger partial charge < -0.3 is 10.4 Å². The third-order valence-corrected chi connectivity index (χ3v) is 3.86. The highest BCUT2D eigenvalue weighted by Crippen LogP contribution is 2.31. The zero-order chi connectivity index (χ0) is 14.4. The highest BCUT2D eigenvalue weighted by molar-refractivity contribution is 5.92. The number of nitrogens with one attached hydrogen (secondary N) is 1. The first-order valence-corrected chi connectivity index (χ1v) is 7.42. The van der Waals surface area contributed by atoms with Gasteiger partial charge in [-0.2, -0.15) is 0 Å². The Hall–Kier alpha value is -1.49. The van der Waals surface area contributed by atoms with Gasteiger partial charge in [-0.15, -0.1) is 0 Å². The first kappa shape index (κ1) is 14.9. The van der Waals surface area contributed by atoms with Crippen molar-refractivity contribution in [3.63, 3.8) is 0 Å². The summed E-state index contributed by atoms with van der Waals surface area (Å²) in [5.41, 5.74) is 0.443. The molecule has 1 atom stereocenters. The molecule has 1 aliphatic carbocycles. The van der Waals surface area contributed by atoms with E-state index >= 15 is 0 Å². The van der Waals surface area contributed by atoms with Crippen LogP contribution >= 0.6 is 0 Å². The normalized spacial score (nSPS) is 17.1. The molecule has 2 N–H and O–H groups in total. The fraction of sp³-hybridized carbons (Fsp3) is 0.667. The fourth-order valence-corrected chi connectivity index (χ4v) is 2.56. The van der Waals surface area contributed by atoms with E-state index in [0.717, 1.165) is 18.7 Å². The van der Waals surface area contributed by atoms with E-state index < -0.39 is 0 Å². The summed E-state index contributed by atoms with van der Waals surface area (Å²) < 4.78 is 0. The third-order valence-electron chi connectivity index (χ3n) is 3.86. The molecule has 1 heterocycles. The van der Waals surface area contributed by atoms with Crippen molar-refractivity contribution in [3.8, 4) is 0 Å². The van der Waals surface area contributed by atoms with Crippen LogP contribution in [0.1, 0.15) is 61.3 Å². The van der Waals surface area contributed by atoms with Crippen LogP contribution in [0.2, 0.25) is 0 Å². The molecule has 110 valence electrons. The average molecular weight is 277 g/mol. The molecule has 20 heavy (non-hydrogen) atoms. The number of rotatable bonds is 6. The molecule has 0 aliphatic heterocycles. The van der Waals surface area contributed by atoms with Crippen molar-refractivity contribution in [2.45, 2.75) is 44.9 Å². The predicted octanol–water partition coefficient (Wildman–Crippen LogP) is 1.88. The fourth-order valence-electron chi connectivity index (χ4n) is 2.56. The summed E-state index contributed by atoms with van der Waals surface area (Å²) in [7, 11) is 0. The molecule has 1 fully saturated rings.